The average Bonchev–Trinajstić information content (AvgIpc) is 3.74. The van der Waals surface area contributed by atoms with Crippen LogP contribution >= 0.6 is 0 Å². The van der Waals surface area contributed by atoms with Gasteiger partial charge in [-0.2, -0.15) is 0 Å². The van der Waals surface area contributed by atoms with Crippen LogP contribution in [0, 0.1) is 0 Å². The standard InChI is InChI=1S/C60H41BN2O/c1-3-36-28-32-56-50(33-36)58-60(64-56)63(53-24-13-23-48-44-19-9-7-18-42(44)43-20-11-12-22-47(43)57(48)53)55-26-14-25-54-59(55)61(58)51-34-37(4-2)27-31-52(51)62(54)38-29-30-46-41-17-6-5-15-39(41)40-16-8-10-21-45(40)49(46)35-38/h5-35H,3-4H2,1-2H3. The van der Waals surface area contributed by atoms with Gasteiger partial charge < -0.3 is 9.32 Å². The van der Waals surface area contributed by atoms with E-state index in [1.165, 1.54) is 109 Å². The van der Waals surface area contributed by atoms with E-state index in [2.05, 4.69) is 212 Å². The average molecular weight is 817 g/mol. The summed E-state index contributed by atoms with van der Waals surface area (Å²) in [6, 6.07) is 70.4. The normalized spacial score (nSPS) is 13.2. The molecule has 0 amide bonds. The Balaban J connectivity index is 1.11. The minimum absolute atomic E-state index is 0.0543. The third-order valence-corrected chi connectivity index (χ3v) is 14.5. The molecule has 2 aliphatic heterocycles. The third kappa shape index (κ3) is 4.77. The Labute approximate surface area is 371 Å². The molecule has 14 rings (SSSR count). The molecule has 2 aliphatic rings. The maximum atomic E-state index is 7.28. The van der Waals surface area contributed by atoms with Gasteiger partial charge in [-0.3, -0.25) is 4.90 Å². The fourth-order valence-electron chi connectivity index (χ4n) is 11.7. The van der Waals surface area contributed by atoms with Crippen molar-refractivity contribution in [3.63, 3.8) is 0 Å². The first kappa shape index (κ1) is 35.7. The molecular weight excluding hydrogens is 775 g/mol. The van der Waals surface area contributed by atoms with Crippen molar-refractivity contribution in [3.8, 4) is 0 Å². The number of benzene rings is 11. The predicted molar refractivity (Wildman–Crippen MR) is 274 cm³/mol. The maximum absolute atomic E-state index is 7.28. The van der Waals surface area contributed by atoms with Gasteiger partial charge >= 0.3 is 0 Å². The highest BCUT2D eigenvalue weighted by atomic mass is 16.4. The zero-order chi connectivity index (χ0) is 42.2. The molecule has 3 nitrogen and oxygen atoms in total. The van der Waals surface area contributed by atoms with E-state index in [1.54, 1.807) is 0 Å². The summed E-state index contributed by atoms with van der Waals surface area (Å²) in [5.74, 6) is 0.896. The van der Waals surface area contributed by atoms with Crippen LogP contribution in [-0.2, 0) is 12.8 Å². The van der Waals surface area contributed by atoms with Gasteiger partial charge in [-0.1, -0.05) is 153 Å². The summed E-state index contributed by atoms with van der Waals surface area (Å²) in [5.41, 5.74) is 13.2. The van der Waals surface area contributed by atoms with Crippen molar-refractivity contribution in [2.45, 2.75) is 26.7 Å². The van der Waals surface area contributed by atoms with E-state index in [0.717, 1.165) is 41.4 Å². The lowest BCUT2D eigenvalue weighted by Crippen LogP contribution is -2.61. The summed E-state index contributed by atoms with van der Waals surface area (Å²) in [5, 5.41) is 16.3. The van der Waals surface area contributed by atoms with Crippen molar-refractivity contribution < 1.29 is 4.42 Å². The van der Waals surface area contributed by atoms with Crippen LogP contribution in [0.1, 0.15) is 25.0 Å². The number of anilines is 6. The van der Waals surface area contributed by atoms with Crippen LogP contribution in [0.3, 0.4) is 0 Å². The molecule has 0 spiro atoms. The van der Waals surface area contributed by atoms with E-state index in [4.69, 9.17) is 4.42 Å². The highest BCUT2D eigenvalue weighted by Crippen LogP contribution is 2.50. The van der Waals surface area contributed by atoms with Crippen molar-refractivity contribution in [1.82, 2.24) is 0 Å². The van der Waals surface area contributed by atoms with Crippen molar-refractivity contribution in [2.24, 2.45) is 0 Å². The first-order valence-electron chi connectivity index (χ1n) is 22.7. The van der Waals surface area contributed by atoms with Crippen LogP contribution in [0.25, 0.3) is 75.6 Å². The Bertz CT molecular complexity index is 3900. The lowest BCUT2D eigenvalue weighted by atomic mass is 9.33. The largest absolute Gasteiger partial charge is 0.440 e. The Hall–Kier alpha value is -7.82. The van der Waals surface area contributed by atoms with Gasteiger partial charge in [0.05, 0.1) is 5.69 Å². The minimum atomic E-state index is -0.0543. The van der Waals surface area contributed by atoms with Crippen LogP contribution in [-0.4, -0.2) is 6.71 Å². The second kappa shape index (κ2) is 13.3. The molecule has 12 aromatic rings. The molecule has 1 aromatic heterocycles. The molecule has 0 radical (unpaired) electrons. The van der Waals surface area contributed by atoms with Gasteiger partial charge in [0.15, 0.2) is 0 Å². The Morgan fingerprint density at radius 2 is 0.875 bits per heavy atom. The van der Waals surface area contributed by atoms with Gasteiger partial charge in [-0.05, 0) is 143 Å². The van der Waals surface area contributed by atoms with E-state index in [1.807, 2.05) is 0 Å². The molecule has 0 fully saturated rings. The van der Waals surface area contributed by atoms with Crippen molar-refractivity contribution in [3.05, 3.63) is 199 Å². The molecule has 0 saturated heterocycles. The molecule has 64 heavy (non-hydrogen) atoms. The summed E-state index contributed by atoms with van der Waals surface area (Å²) in [4.78, 5) is 5.01. The number of nitrogens with zero attached hydrogens (tertiary/aromatic N) is 2. The topological polar surface area (TPSA) is 19.6 Å². The van der Waals surface area contributed by atoms with Crippen LogP contribution in [0.2, 0.25) is 0 Å². The van der Waals surface area contributed by atoms with Gasteiger partial charge in [0.2, 0.25) is 5.88 Å². The van der Waals surface area contributed by atoms with Crippen molar-refractivity contribution >= 4 is 133 Å². The third-order valence-electron chi connectivity index (χ3n) is 14.5. The molecule has 300 valence electrons. The summed E-state index contributed by atoms with van der Waals surface area (Å²) in [6.45, 7) is 4.46. The van der Waals surface area contributed by atoms with Gasteiger partial charge in [0.1, 0.15) is 5.58 Å². The number of furan rings is 1. The lowest BCUT2D eigenvalue weighted by molar-refractivity contribution is 0.623. The highest BCUT2D eigenvalue weighted by molar-refractivity contribution is 7.01. The Kier molecular flexibility index (Phi) is 7.45. The molecule has 0 saturated carbocycles. The van der Waals surface area contributed by atoms with E-state index in [9.17, 15) is 0 Å². The molecular formula is C60H41BN2O. The zero-order valence-corrected chi connectivity index (χ0v) is 35.7. The number of hydrogen-bond acceptors (Lipinski definition) is 3. The zero-order valence-electron chi connectivity index (χ0n) is 35.7. The van der Waals surface area contributed by atoms with E-state index in [0.29, 0.717) is 0 Å². The Morgan fingerprint density at radius 3 is 1.52 bits per heavy atom. The van der Waals surface area contributed by atoms with Crippen LogP contribution < -0.4 is 26.2 Å². The van der Waals surface area contributed by atoms with Gasteiger partial charge in [0.25, 0.3) is 6.71 Å². The monoisotopic (exact) mass is 816 g/mol. The fraction of sp³-hybridized carbons (Fsp3) is 0.0667. The summed E-state index contributed by atoms with van der Waals surface area (Å²) in [7, 11) is 0. The van der Waals surface area contributed by atoms with E-state index in [-0.39, 0.29) is 6.71 Å². The Morgan fingerprint density at radius 1 is 0.375 bits per heavy atom. The second-order valence-electron chi connectivity index (χ2n) is 17.7. The molecule has 11 aromatic carbocycles. The maximum Gasteiger partial charge on any atom is 0.257 e. The molecule has 0 N–H and O–H groups in total. The minimum Gasteiger partial charge on any atom is -0.440 e. The SMILES string of the molecule is CCc1ccc2c(c1)B1c3c(cccc3N(c3cccc4c5ccccc5c5ccccc5c34)c3oc4ccc(CC)cc4c31)N2c1ccc2c3ccccc3c3ccccc3c2c1. The summed E-state index contributed by atoms with van der Waals surface area (Å²) < 4.78 is 7.28. The predicted octanol–water partition coefficient (Wildman–Crippen LogP) is 14.6. The van der Waals surface area contributed by atoms with Gasteiger partial charge in [-0.15, -0.1) is 0 Å². The number of fused-ring (bicyclic) bond motifs is 18. The van der Waals surface area contributed by atoms with Crippen molar-refractivity contribution in [2.75, 3.05) is 9.80 Å². The quantitative estimate of drug-likeness (QED) is 0.130. The second-order valence-corrected chi connectivity index (χ2v) is 17.7. The highest BCUT2D eigenvalue weighted by Gasteiger charge is 2.46. The smallest absolute Gasteiger partial charge is 0.257 e. The first-order chi connectivity index (χ1) is 31.7. The number of hydrogen-bond donors (Lipinski definition) is 0. The summed E-state index contributed by atoms with van der Waals surface area (Å²) in [6.07, 6.45) is 1.90. The molecule has 0 atom stereocenters. The fourth-order valence-corrected chi connectivity index (χ4v) is 11.7. The van der Waals surface area contributed by atoms with E-state index >= 15 is 0 Å². The number of aryl methyl sites for hydroxylation is 2. The van der Waals surface area contributed by atoms with Gasteiger partial charge in [0, 0.05) is 39.0 Å². The summed E-state index contributed by atoms with van der Waals surface area (Å²) >= 11 is 0. The van der Waals surface area contributed by atoms with Gasteiger partial charge in [-0.25, -0.2) is 0 Å². The molecule has 0 aliphatic carbocycles. The molecule has 0 bridgehead atoms. The van der Waals surface area contributed by atoms with E-state index < -0.39 is 0 Å². The molecule has 4 heteroatoms. The molecule has 0 unspecified atom stereocenters. The van der Waals surface area contributed by atoms with Crippen LogP contribution in [0.5, 0.6) is 0 Å². The lowest BCUT2D eigenvalue weighted by Gasteiger charge is -2.42. The number of rotatable bonds is 4. The van der Waals surface area contributed by atoms with Crippen molar-refractivity contribution in [1.29, 1.82) is 0 Å². The van der Waals surface area contributed by atoms with Crippen LogP contribution in [0.15, 0.2) is 192 Å². The van der Waals surface area contributed by atoms with Crippen LogP contribution in [0.4, 0.5) is 34.3 Å². The first-order valence-corrected chi connectivity index (χ1v) is 22.7. The molecule has 3 heterocycles.